The molecule has 1 aliphatic heterocycles. The highest BCUT2D eigenvalue weighted by molar-refractivity contribution is 5.92. The normalized spacial score (nSPS) is 31.4. The van der Waals surface area contributed by atoms with Crippen molar-refractivity contribution in [3.8, 4) is 0 Å². The summed E-state index contributed by atoms with van der Waals surface area (Å²) in [6.45, 7) is 9.81. The van der Waals surface area contributed by atoms with E-state index in [1.165, 1.54) is 6.42 Å². The van der Waals surface area contributed by atoms with Gasteiger partial charge in [0.15, 0.2) is 0 Å². The van der Waals surface area contributed by atoms with Gasteiger partial charge in [-0.3, -0.25) is 4.79 Å². The Labute approximate surface area is 121 Å². The molecule has 1 aromatic rings. The molecule has 0 N–H and O–H groups in total. The number of rotatable bonds is 1. The molecule has 2 aliphatic rings. The molecule has 1 saturated carbocycles. The molecule has 1 saturated heterocycles. The fourth-order valence-corrected chi connectivity index (χ4v) is 4.51. The second-order valence-corrected chi connectivity index (χ2v) is 7.81. The van der Waals surface area contributed by atoms with Crippen LogP contribution in [0.2, 0.25) is 0 Å². The van der Waals surface area contributed by atoms with Gasteiger partial charge in [-0.25, -0.2) is 4.98 Å². The van der Waals surface area contributed by atoms with Gasteiger partial charge < -0.3 is 4.90 Å². The minimum absolute atomic E-state index is 0.111. The Morgan fingerprint density at radius 1 is 1.30 bits per heavy atom. The van der Waals surface area contributed by atoms with Crippen LogP contribution in [-0.4, -0.2) is 28.4 Å². The van der Waals surface area contributed by atoms with E-state index in [4.69, 9.17) is 0 Å². The highest BCUT2D eigenvalue weighted by Gasteiger charge is 2.51. The summed E-state index contributed by atoms with van der Waals surface area (Å²) in [6.07, 6.45) is 3.47. The van der Waals surface area contributed by atoms with Crippen LogP contribution in [0.3, 0.4) is 0 Å². The summed E-state index contributed by atoms with van der Waals surface area (Å²) in [5.41, 5.74) is 2.13. The van der Waals surface area contributed by atoms with Crippen LogP contribution in [-0.2, 0) is 0 Å². The van der Waals surface area contributed by atoms with Gasteiger partial charge in [-0.2, -0.15) is 0 Å². The first kappa shape index (κ1) is 13.6. The molecule has 0 aromatic carbocycles. The Balaban J connectivity index is 1.87. The van der Waals surface area contributed by atoms with E-state index in [1.54, 1.807) is 0 Å². The van der Waals surface area contributed by atoms with Crippen molar-refractivity contribution in [3.05, 3.63) is 29.6 Å². The zero-order chi connectivity index (χ0) is 14.5. The van der Waals surface area contributed by atoms with Crippen LogP contribution in [0.15, 0.2) is 18.2 Å². The number of carbonyl (C=O) groups is 1. The SMILES string of the molecule is Cc1cccc(C(=O)N2CC3(C)CC2CC(C)(C)C3)n1. The number of amides is 1. The number of nitrogens with zero attached hydrogens (tertiary/aromatic N) is 2. The van der Waals surface area contributed by atoms with Crippen molar-refractivity contribution >= 4 is 5.91 Å². The quantitative estimate of drug-likeness (QED) is 0.784. The maximum atomic E-state index is 12.8. The van der Waals surface area contributed by atoms with Gasteiger partial charge in [-0.1, -0.05) is 26.8 Å². The average Bonchev–Trinajstić information content (AvgIpc) is 2.57. The number of aromatic nitrogens is 1. The third-order valence-electron chi connectivity index (χ3n) is 4.78. The van der Waals surface area contributed by atoms with Gasteiger partial charge in [0.2, 0.25) is 0 Å². The van der Waals surface area contributed by atoms with E-state index in [2.05, 4.69) is 30.7 Å². The maximum absolute atomic E-state index is 12.8. The zero-order valence-corrected chi connectivity index (χ0v) is 12.9. The molecular weight excluding hydrogens is 248 g/mol. The Morgan fingerprint density at radius 2 is 2.05 bits per heavy atom. The van der Waals surface area contributed by atoms with E-state index in [9.17, 15) is 4.79 Å². The second-order valence-electron chi connectivity index (χ2n) is 7.81. The van der Waals surface area contributed by atoms with Crippen LogP contribution in [0.5, 0.6) is 0 Å². The number of likely N-dealkylation sites (tertiary alicyclic amines) is 1. The lowest BCUT2D eigenvalue weighted by atomic mass is 9.65. The Bertz CT molecular complexity index is 552. The van der Waals surface area contributed by atoms with E-state index in [-0.39, 0.29) is 11.3 Å². The molecule has 2 heterocycles. The van der Waals surface area contributed by atoms with Crippen molar-refractivity contribution in [2.75, 3.05) is 6.54 Å². The molecule has 1 aliphatic carbocycles. The molecular formula is C17H24N2O. The molecule has 2 bridgehead atoms. The first-order valence-electron chi connectivity index (χ1n) is 7.53. The zero-order valence-electron chi connectivity index (χ0n) is 12.9. The summed E-state index contributed by atoms with van der Waals surface area (Å²) in [4.78, 5) is 19.2. The minimum Gasteiger partial charge on any atom is -0.334 e. The summed E-state index contributed by atoms with van der Waals surface area (Å²) in [5.74, 6) is 0.111. The van der Waals surface area contributed by atoms with Crippen molar-refractivity contribution < 1.29 is 4.79 Å². The van der Waals surface area contributed by atoms with Crippen molar-refractivity contribution in [1.29, 1.82) is 0 Å². The number of hydrogen-bond acceptors (Lipinski definition) is 2. The number of carbonyl (C=O) groups excluding carboxylic acids is 1. The lowest BCUT2D eigenvalue weighted by Gasteiger charge is -2.39. The number of fused-ring (bicyclic) bond motifs is 2. The molecule has 2 unspecified atom stereocenters. The van der Waals surface area contributed by atoms with Crippen LogP contribution < -0.4 is 0 Å². The first-order valence-corrected chi connectivity index (χ1v) is 7.53. The lowest BCUT2D eigenvalue weighted by molar-refractivity contribution is 0.0702. The van der Waals surface area contributed by atoms with Crippen LogP contribution >= 0.6 is 0 Å². The standard InChI is InChI=1S/C17H24N2O/c1-12-6-5-7-14(18-12)15(20)19-11-17(4)9-13(19)8-16(2,3)10-17/h5-7,13H,8-11H2,1-4H3. The molecule has 3 rings (SSSR count). The molecule has 108 valence electrons. The van der Waals surface area contributed by atoms with Crippen molar-refractivity contribution in [2.24, 2.45) is 10.8 Å². The summed E-state index contributed by atoms with van der Waals surface area (Å²) in [6, 6.07) is 6.08. The highest BCUT2D eigenvalue weighted by atomic mass is 16.2. The second kappa shape index (κ2) is 4.31. The maximum Gasteiger partial charge on any atom is 0.272 e. The summed E-state index contributed by atoms with van der Waals surface area (Å²) < 4.78 is 0. The number of hydrogen-bond donors (Lipinski definition) is 0. The molecule has 0 radical (unpaired) electrons. The summed E-state index contributed by atoms with van der Waals surface area (Å²) in [5, 5.41) is 0. The third kappa shape index (κ3) is 2.34. The largest absolute Gasteiger partial charge is 0.334 e. The van der Waals surface area contributed by atoms with E-state index >= 15 is 0 Å². The van der Waals surface area contributed by atoms with E-state index in [1.807, 2.05) is 25.1 Å². The summed E-state index contributed by atoms with van der Waals surface area (Å²) in [7, 11) is 0. The van der Waals surface area contributed by atoms with Crippen molar-refractivity contribution in [2.45, 2.75) is 53.0 Å². The molecule has 0 spiro atoms. The van der Waals surface area contributed by atoms with Crippen LogP contribution in [0.25, 0.3) is 0 Å². The van der Waals surface area contributed by atoms with Crippen molar-refractivity contribution in [1.82, 2.24) is 9.88 Å². The van der Waals surface area contributed by atoms with Gasteiger partial charge in [0.25, 0.3) is 5.91 Å². The van der Waals surface area contributed by atoms with Crippen molar-refractivity contribution in [3.63, 3.8) is 0 Å². The van der Waals surface area contributed by atoms with Crippen LogP contribution in [0.1, 0.15) is 56.2 Å². The predicted molar refractivity (Wildman–Crippen MR) is 79.5 cm³/mol. The van der Waals surface area contributed by atoms with Crippen LogP contribution in [0, 0.1) is 17.8 Å². The molecule has 3 nitrogen and oxygen atoms in total. The van der Waals surface area contributed by atoms with Gasteiger partial charge in [-0.05, 0) is 49.1 Å². The Hall–Kier alpha value is -1.38. The van der Waals surface area contributed by atoms with Crippen LogP contribution in [0.4, 0.5) is 0 Å². The smallest absolute Gasteiger partial charge is 0.272 e. The number of aryl methyl sites for hydroxylation is 1. The molecule has 1 aromatic heterocycles. The average molecular weight is 272 g/mol. The third-order valence-corrected chi connectivity index (χ3v) is 4.78. The molecule has 1 amide bonds. The molecule has 20 heavy (non-hydrogen) atoms. The monoisotopic (exact) mass is 272 g/mol. The Kier molecular flexibility index (Phi) is 2.93. The summed E-state index contributed by atoms with van der Waals surface area (Å²) >= 11 is 0. The van der Waals surface area contributed by atoms with Gasteiger partial charge in [0.05, 0.1) is 0 Å². The topological polar surface area (TPSA) is 33.2 Å². The van der Waals surface area contributed by atoms with Gasteiger partial charge in [0.1, 0.15) is 5.69 Å². The van der Waals surface area contributed by atoms with Gasteiger partial charge >= 0.3 is 0 Å². The van der Waals surface area contributed by atoms with Gasteiger partial charge in [-0.15, -0.1) is 0 Å². The lowest BCUT2D eigenvalue weighted by Crippen LogP contribution is -2.38. The van der Waals surface area contributed by atoms with E-state index in [0.29, 0.717) is 17.2 Å². The fraction of sp³-hybridized carbons (Fsp3) is 0.647. The van der Waals surface area contributed by atoms with Gasteiger partial charge in [0, 0.05) is 18.3 Å². The van der Waals surface area contributed by atoms with E-state index in [0.717, 1.165) is 25.1 Å². The van der Waals surface area contributed by atoms with E-state index < -0.39 is 0 Å². The molecule has 2 atom stereocenters. The molecule has 3 heteroatoms. The number of pyridine rings is 1. The minimum atomic E-state index is 0.111. The Morgan fingerprint density at radius 3 is 2.75 bits per heavy atom. The highest BCUT2D eigenvalue weighted by Crippen LogP contribution is 2.52. The molecule has 2 fully saturated rings. The fourth-order valence-electron chi connectivity index (χ4n) is 4.51. The first-order chi connectivity index (χ1) is 9.28. The predicted octanol–water partition coefficient (Wildman–Crippen LogP) is 3.43.